The second kappa shape index (κ2) is 15.9. The summed E-state index contributed by atoms with van der Waals surface area (Å²) in [6, 6.07) is 7.80. The standard InChI is InChI=1S/C36H52F2N2O7Si/c1-11-15-45-28-21-30(40(22-28)34(43)46-35(2,3)4)31(47-48(9,10)36(5,6)7)29(18-23-16-26(37)20-27(38)17-23)39-32(41)24-13-12-14-25(19-24)33(42)44-8/h12-14,16-17,19-20,28-31H,11,15,18,21-22H2,1-10H3,(H,39,41)/t28?,29-,30?,31-/m0/s1. The lowest BCUT2D eigenvalue weighted by Gasteiger charge is -2.45. The number of rotatable bonds is 12. The summed E-state index contributed by atoms with van der Waals surface area (Å²) in [7, 11) is -1.38. The first-order chi connectivity index (χ1) is 22.2. The van der Waals surface area contributed by atoms with Crippen molar-refractivity contribution >= 4 is 26.3 Å². The third-order valence-electron chi connectivity index (χ3n) is 8.74. The molecule has 0 saturated carbocycles. The van der Waals surface area contributed by atoms with E-state index in [0.717, 1.165) is 12.5 Å². The summed E-state index contributed by atoms with van der Waals surface area (Å²) in [5.41, 5.74) is -0.118. The molecule has 1 fully saturated rings. The zero-order chi connectivity index (χ0) is 36.0. The Bertz CT molecular complexity index is 1420. The molecule has 2 aromatic rings. The van der Waals surface area contributed by atoms with Gasteiger partial charge in [0.05, 0.1) is 43.5 Å². The fraction of sp³-hybridized carbons (Fsp3) is 0.583. The third-order valence-corrected chi connectivity index (χ3v) is 13.2. The second-order valence-electron chi connectivity index (χ2n) is 14.9. The average molecular weight is 691 g/mol. The maximum Gasteiger partial charge on any atom is 0.410 e. The second-order valence-corrected chi connectivity index (χ2v) is 19.7. The summed E-state index contributed by atoms with van der Waals surface area (Å²) in [6.07, 6.45) is -0.561. The molecule has 1 aliphatic rings. The van der Waals surface area contributed by atoms with Gasteiger partial charge in [-0.1, -0.05) is 33.8 Å². The number of benzene rings is 2. The van der Waals surface area contributed by atoms with Crippen LogP contribution in [0.2, 0.25) is 18.1 Å². The fourth-order valence-corrected chi connectivity index (χ4v) is 6.76. The summed E-state index contributed by atoms with van der Waals surface area (Å²) < 4.78 is 52.9. The molecule has 2 unspecified atom stereocenters. The van der Waals surface area contributed by atoms with Crippen LogP contribution in [0, 0.1) is 11.6 Å². The topological polar surface area (TPSA) is 103 Å². The van der Waals surface area contributed by atoms with Crippen LogP contribution in [-0.2, 0) is 25.1 Å². The lowest BCUT2D eigenvalue weighted by molar-refractivity contribution is 0.000336. The summed E-state index contributed by atoms with van der Waals surface area (Å²) in [5, 5.41) is 2.79. The Kier molecular flexibility index (Phi) is 13.0. The molecule has 0 aromatic heterocycles. The molecule has 1 aliphatic heterocycles. The van der Waals surface area contributed by atoms with Crippen molar-refractivity contribution in [3.8, 4) is 0 Å². The van der Waals surface area contributed by atoms with E-state index in [9.17, 15) is 23.2 Å². The maximum atomic E-state index is 14.5. The minimum atomic E-state index is -2.64. The first-order valence-corrected chi connectivity index (χ1v) is 19.4. The van der Waals surface area contributed by atoms with E-state index in [-0.39, 0.29) is 35.2 Å². The minimum absolute atomic E-state index is 0.0183. The molecule has 1 heterocycles. The SMILES string of the molecule is CCCOC1CC([C@@H](O[Si](C)(C)C(C)(C)C)[C@H](Cc2cc(F)cc(F)c2)NC(=O)c2cccc(C(=O)OC)c2)N(C(=O)OC(C)(C)C)C1. The van der Waals surface area contributed by atoms with E-state index in [2.05, 4.69) is 39.2 Å². The van der Waals surface area contributed by atoms with Gasteiger partial charge in [-0.15, -0.1) is 0 Å². The Morgan fingerprint density at radius 1 is 1.00 bits per heavy atom. The van der Waals surface area contributed by atoms with Gasteiger partial charge in [0.2, 0.25) is 0 Å². The van der Waals surface area contributed by atoms with Gasteiger partial charge < -0.3 is 24.0 Å². The molecular formula is C36H52F2N2O7Si. The van der Waals surface area contributed by atoms with E-state index >= 15 is 0 Å². The maximum absolute atomic E-state index is 14.5. The highest BCUT2D eigenvalue weighted by atomic mass is 28.4. The monoisotopic (exact) mass is 690 g/mol. The van der Waals surface area contributed by atoms with E-state index in [1.54, 1.807) is 37.8 Å². The van der Waals surface area contributed by atoms with Crippen LogP contribution in [0.5, 0.6) is 0 Å². The number of carbonyl (C=O) groups is 3. The zero-order valence-corrected chi connectivity index (χ0v) is 30.9. The predicted octanol–water partition coefficient (Wildman–Crippen LogP) is 7.29. The molecule has 9 nitrogen and oxygen atoms in total. The third kappa shape index (κ3) is 10.6. The van der Waals surface area contributed by atoms with Gasteiger partial charge in [-0.25, -0.2) is 18.4 Å². The van der Waals surface area contributed by atoms with Gasteiger partial charge in [0.15, 0.2) is 8.32 Å². The van der Waals surface area contributed by atoms with Crippen molar-refractivity contribution in [3.63, 3.8) is 0 Å². The molecule has 0 radical (unpaired) electrons. The molecule has 1 N–H and O–H groups in total. The van der Waals surface area contributed by atoms with Gasteiger partial charge in [0, 0.05) is 18.2 Å². The van der Waals surface area contributed by atoms with Gasteiger partial charge >= 0.3 is 12.1 Å². The van der Waals surface area contributed by atoms with E-state index in [1.807, 2.05) is 6.92 Å². The molecule has 2 aromatic carbocycles. The van der Waals surface area contributed by atoms with E-state index in [0.29, 0.717) is 18.6 Å². The fourth-order valence-electron chi connectivity index (χ4n) is 5.41. The lowest BCUT2D eigenvalue weighted by atomic mass is 9.94. The van der Waals surface area contributed by atoms with Crippen molar-refractivity contribution in [2.75, 3.05) is 20.3 Å². The van der Waals surface area contributed by atoms with Crippen molar-refractivity contribution in [2.24, 2.45) is 0 Å². The number of halogens is 2. The van der Waals surface area contributed by atoms with Crippen molar-refractivity contribution in [1.82, 2.24) is 10.2 Å². The number of likely N-dealkylation sites (tertiary alicyclic amines) is 1. The molecule has 0 aliphatic carbocycles. The Hall–Kier alpha value is -3.35. The van der Waals surface area contributed by atoms with Crippen molar-refractivity contribution in [1.29, 1.82) is 0 Å². The van der Waals surface area contributed by atoms with Crippen LogP contribution in [0.3, 0.4) is 0 Å². The van der Waals surface area contributed by atoms with Crippen molar-refractivity contribution < 1.29 is 41.8 Å². The number of carbonyl (C=O) groups excluding carboxylic acids is 3. The number of nitrogens with one attached hydrogen (secondary N) is 1. The van der Waals surface area contributed by atoms with Crippen LogP contribution < -0.4 is 5.32 Å². The summed E-state index contributed by atoms with van der Waals surface area (Å²) >= 11 is 0. The summed E-state index contributed by atoms with van der Waals surface area (Å²) in [6.45, 7) is 18.5. The number of esters is 1. The molecule has 266 valence electrons. The van der Waals surface area contributed by atoms with Gasteiger partial charge in [-0.3, -0.25) is 9.69 Å². The number of methoxy groups -OCH3 is 1. The highest BCUT2D eigenvalue weighted by Gasteiger charge is 2.49. The molecule has 2 amide bonds. The molecular weight excluding hydrogens is 638 g/mol. The summed E-state index contributed by atoms with van der Waals surface area (Å²) in [4.78, 5) is 41.6. The highest BCUT2D eigenvalue weighted by Crippen LogP contribution is 2.40. The highest BCUT2D eigenvalue weighted by molar-refractivity contribution is 6.74. The van der Waals surface area contributed by atoms with E-state index in [1.165, 1.54) is 31.4 Å². The quantitative estimate of drug-likeness (QED) is 0.184. The van der Waals surface area contributed by atoms with Crippen LogP contribution in [0.4, 0.5) is 13.6 Å². The van der Waals surface area contributed by atoms with E-state index in [4.69, 9.17) is 18.6 Å². The smallest absolute Gasteiger partial charge is 0.410 e. The molecule has 48 heavy (non-hydrogen) atoms. The van der Waals surface area contributed by atoms with Crippen LogP contribution >= 0.6 is 0 Å². The van der Waals surface area contributed by atoms with Crippen molar-refractivity contribution in [2.45, 2.75) is 116 Å². The molecule has 0 bridgehead atoms. The minimum Gasteiger partial charge on any atom is -0.465 e. The molecule has 1 saturated heterocycles. The Morgan fingerprint density at radius 3 is 2.19 bits per heavy atom. The largest absolute Gasteiger partial charge is 0.465 e. The van der Waals surface area contributed by atoms with Crippen molar-refractivity contribution in [3.05, 3.63) is 70.8 Å². The van der Waals surface area contributed by atoms with Gasteiger partial charge in [0.25, 0.3) is 5.91 Å². The Morgan fingerprint density at radius 2 is 1.62 bits per heavy atom. The predicted molar refractivity (Wildman–Crippen MR) is 183 cm³/mol. The normalized spacial score (nSPS) is 18.3. The molecule has 0 spiro atoms. The number of ether oxygens (including phenoxy) is 3. The molecule has 12 heteroatoms. The number of hydrogen-bond acceptors (Lipinski definition) is 7. The zero-order valence-electron chi connectivity index (χ0n) is 29.9. The molecule has 3 rings (SSSR count). The number of hydrogen-bond donors (Lipinski definition) is 1. The van der Waals surface area contributed by atoms with Gasteiger partial charge in [0.1, 0.15) is 17.2 Å². The van der Waals surface area contributed by atoms with Crippen LogP contribution in [0.25, 0.3) is 0 Å². The Balaban J connectivity index is 2.18. The van der Waals surface area contributed by atoms with E-state index < -0.39 is 61.7 Å². The number of amides is 2. The lowest BCUT2D eigenvalue weighted by Crippen LogP contribution is -2.60. The average Bonchev–Trinajstić information content (AvgIpc) is 3.40. The van der Waals surface area contributed by atoms with Crippen LogP contribution in [0.15, 0.2) is 42.5 Å². The Labute approximate surface area is 284 Å². The summed E-state index contributed by atoms with van der Waals surface area (Å²) in [5.74, 6) is -2.65. The van der Waals surface area contributed by atoms with Crippen LogP contribution in [0.1, 0.15) is 87.6 Å². The number of nitrogens with zero attached hydrogens (tertiary/aromatic N) is 1. The van der Waals surface area contributed by atoms with Gasteiger partial charge in [-0.2, -0.15) is 0 Å². The van der Waals surface area contributed by atoms with Crippen LogP contribution in [-0.4, -0.2) is 81.3 Å². The molecule has 4 atom stereocenters. The first-order valence-electron chi connectivity index (χ1n) is 16.5. The first kappa shape index (κ1) is 39.1. The van der Waals surface area contributed by atoms with Gasteiger partial charge in [-0.05, 0) is 94.1 Å².